The Balaban J connectivity index is 1.21. The third kappa shape index (κ3) is 5.05. The molecular weight excluding hydrogens is 424 g/mol. The maximum Gasteiger partial charge on any atom is 0.0342 e. The smallest absolute Gasteiger partial charge is 0.0342 e. The largest absolute Gasteiger partial charge is 0.144 e. The first kappa shape index (κ1) is 20.4. The first-order chi connectivity index (χ1) is 15.8. The Labute approximate surface area is 197 Å². The summed E-state index contributed by atoms with van der Waals surface area (Å²) >= 11 is 3.55. The number of rotatable bonds is 6. The van der Waals surface area contributed by atoms with Gasteiger partial charge in [-0.2, -0.15) is 0 Å². The Morgan fingerprint density at radius 1 is 0.375 bits per heavy atom. The second-order valence-electron chi connectivity index (χ2n) is 7.53. The lowest BCUT2D eigenvalue weighted by molar-refractivity contribution is 1.61. The molecule has 2 aromatic heterocycles. The average molecular weight is 447 g/mol. The second kappa shape index (κ2) is 9.78. The summed E-state index contributed by atoms with van der Waals surface area (Å²) in [6, 6.07) is 34.6. The highest BCUT2D eigenvalue weighted by molar-refractivity contribution is 7.13. The molecule has 0 fully saturated rings. The van der Waals surface area contributed by atoms with Crippen LogP contribution in [0.3, 0.4) is 0 Å². The van der Waals surface area contributed by atoms with Gasteiger partial charge >= 0.3 is 0 Å². The van der Waals surface area contributed by atoms with Crippen LogP contribution in [-0.4, -0.2) is 0 Å². The maximum absolute atomic E-state index is 2.19. The van der Waals surface area contributed by atoms with Crippen LogP contribution in [0.4, 0.5) is 0 Å². The summed E-state index contributed by atoms with van der Waals surface area (Å²) in [5.41, 5.74) is 7.36. The summed E-state index contributed by atoms with van der Waals surface area (Å²) in [5.74, 6) is 0. The molecule has 0 aliphatic rings. The van der Waals surface area contributed by atoms with E-state index in [4.69, 9.17) is 0 Å². The first-order valence-corrected chi connectivity index (χ1v) is 12.3. The van der Waals surface area contributed by atoms with Crippen LogP contribution >= 0.6 is 22.7 Å². The molecule has 5 aromatic rings. The van der Waals surface area contributed by atoms with Crippen molar-refractivity contribution in [2.75, 3.05) is 0 Å². The number of thiophene rings is 2. The van der Waals surface area contributed by atoms with Gasteiger partial charge in [-0.15, -0.1) is 22.7 Å². The van der Waals surface area contributed by atoms with Gasteiger partial charge in [0.05, 0.1) is 0 Å². The molecule has 2 heterocycles. The van der Waals surface area contributed by atoms with E-state index in [0.717, 1.165) is 0 Å². The van der Waals surface area contributed by atoms with Gasteiger partial charge in [0.1, 0.15) is 0 Å². The molecule has 32 heavy (non-hydrogen) atoms. The van der Waals surface area contributed by atoms with Crippen molar-refractivity contribution in [1.82, 2.24) is 0 Å². The lowest BCUT2D eigenvalue weighted by Gasteiger charge is -2.00. The van der Waals surface area contributed by atoms with Crippen LogP contribution in [0, 0.1) is 0 Å². The van der Waals surface area contributed by atoms with Crippen molar-refractivity contribution >= 4 is 47.0 Å². The fraction of sp³-hybridized carbons (Fsp3) is 0. The molecule has 0 N–H and O–H groups in total. The Morgan fingerprint density at radius 3 is 0.969 bits per heavy atom. The Kier molecular flexibility index (Phi) is 6.25. The summed E-state index contributed by atoms with van der Waals surface area (Å²) in [6.07, 6.45) is 8.66. The van der Waals surface area contributed by atoms with Gasteiger partial charge in [0.2, 0.25) is 0 Å². The molecule has 0 nitrogen and oxygen atoms in total. The fourth-order valence-electron chi connectivity index (χ4n) is 3.51. The summed E-state index contributed by atoms with van der Waals surface area (Å²) in [7, 11) is 0. The number of benzene rings is 3. The zero-order valence-corrected chi connectivity index (χ0v) is 19.2. The average Bonchev–Trinajstić information content (AvgIpc) is 3.58. The molecule has 5 rings (SSSR count). The van der Waals surface area contributed by atoms with E-state index in [0.29, 0.717) is 0 Å². The molecule has 0 radical (unpaired) electrons. The van der Waals surface area contributed by atoms with Crippen LogP contribution in [0.5, 0.6) is 0 Å². The van der Waals surface area contributed by atoms with E-state index in [1.807, 2.05) is 0 Å². The minimum atomic E-state index is 1.20. The highest BCUT2D eigenvalue weighted by atomic mass is 32.1. The van der Waals surface area contributed by atoms with E-state index in [1.54, 1.807) is 22.7 Å². The third-order valence-electron chi connectivity index (χ3n) is 5.31. The summed E-state index contributed by atoms with van der Waals surface area (Å²) < 4.78 is 0. The van der Waals surface area contributed by atoms with Gasteiger partial charge in [0.15, 0.2) is 0 Å². The lowest BCUT2D eigenvalue weighted by atomic mass is 10.1. The van der Waals surface area contributed by atoms with Gasteiger partial charge in [-0.3, -0.25) is 0 Å². The Hall–Kier alpha value is -3.46. The highest BCUT2D eigenvalue weighted by Crippen LogP contribution is 2.26. The molecule has 0 aliphatic heterocycles. The normalized spacial score (nSPS) is 11.5. The predicted octanol–water partition coefficient (Wildman–Crippen LogP) is 9.48. The van der Waals surface area contributed by atoms with Crippen molar-refractivity contribution in [1.29, 1.82) is 0 Å². The van der Waals surface area contributed by atoms with Crippen molar-refractivity contribution in [2.24, 2.45) is 0 Å². The van der Waals surface area contributed by atoms with Gasteiger partial charge in [0.25, 0.3) is 0 Å². The molecule has 0 spiro atoms. The van der Waals surface area contributed by atoms with E-state index in [-0.39, 0.29) is 0 Å². The SMILES string of the molecule is C(=Cc1ccc(-c2cccs2)cc1)c1ccc(C=Cc2ccc(-c3cccs3)cc2)cc1. The summed E-state index contributed by atoms with van der Waals surface area (Å²) in [5, 5.41) is 4.23. The maximum atomic E-state index is 2.19. The van der Waals surface area contributed by atoms with Crippen LogP contribution < -0.4 is 0 Å². The molecule has 0 saturated heterocycles. The summed E-state index contributed by atoms with van der Waals surface area (Å²) in [6.45, 7) is 0. The third-order valence-corrected chi connectivity index (χ3v) is 7.14. The zero-order valence-electron chi connectivity index (χ0n) is 17.5. The van der Waals surface area contributed by atoms with Crippen LogP contribution in [0.15, 0.2) is 108 Å². The highest BCUT2D eigenvalue weighted by Gasteiger charge is 1.99. The molecule has 2 heteroatoms. The monoisotopic (exact) mass is 446 g/mol. The van der Waals surface area contributed by atoms with Gasteiger partial charge < -0.3 is 0 Å². The molecule has 0 atom stereocenters. The quantitative estimate of drug-likeness (QED) is 0.228. The van der Waals surface area contributed by atoms with Gasteiger partial charge in [-0.25, -0.2) is 0 Å². The molecular formula is C30H22S2. The van der Waals surface area contributed by atoms with Gasteiger partial charge in [-0.05, 0) is 56.3 Å². The van der Waals surface area contributed by atoms with Crippen LogP contribution in [-0.2, 0) is 0 Å². The van der Waals surface area contributed by atoms with Crippen molar-refractivity contribution in [3.8, 4) is 20.9 Å². The molecule has 0 saturated carbocycles. The minimum absolute atomic E-state index is 1.20. The van der Waals surface area contributed by atoms with E-state index in [1.165, 1.54) is 43.1 Å². The second-order valence-corrected chi connectivity index (χ2v) is 9.43. The molecule has 0 unspecified atom stereocenters. The van der Waals surface area contributed by atoms with E-state index < -0.39 is 0 Å². The molecule has 0 bridgehead atoms. The van der Waals surface area contributed by atoms with Crippen LogP contribution in [0.25, 0.3) is 45.2 Å². The topological polar surface area (TPSA) is 0 Å². The van der Waals surface area contributed by atoms with Crippen molar-refractivity contribution in [3.05, 3.63) is 130 Å². The van der Waals surface area contributed by atoms with E-state index in [2.05, 4.69) is 132 Å². The van der Waals surface area contributed by atoms with Gasteiger partial charge in [0, 0.05) is 9.75 Å². The Morgan fingerprint density at radius 2 is 0.688 bits per heavy atom. The van der Waals surface area contributed by atoms with Crippen molar-refractivity contribution in [3.63, 3.8) is 0 Å². The zero-order chi connectivity index (χ0) is 21.6. The molecule has 154 valence electrons. The van der Waals surface area contributed by atoms with Crippen molar-refractivity contribution in [2.45, 2.75) is 0 Å². The van der Waals surface area contributed by atoms with Gasteiger partial charge in [-0.1, -0.05) is 109 Å². The first-order valence-electron chi connectivity index (χ1n) is 10.6. The van der Waals surface area contributed by atoms with Crippen LogP contribution in [0.2, 0.25) is 0 Å². The van der Waals surface area contributed by atoms with E-state index in [9.17, 15) is 0 Å². The Bertz CT molecular complexity index is 1200. The molecule has 3 aromatic carbocycles. The lowest BCUT2D eigenvalue weighted by Crippen LogP contribution is -1.77. The van der Waals surface area contributed by atoms with E-state index >= 15 is 0 Å². The number of hydrogen-bond donors (Lipinski definition) is 0. The molecule has 0 amide bonds. The molecule has 0 aliphatic carbocycles. The summed E-state index contributed by atoms with van der Waals surface area (Å²) in [4.78, 5) is 2.62. The standard InChI is InChI=1S/C30H22S2/c1-3-29(31-21-1)27-17-13-25(14-18-27)11-9-23-5-7-24(8-6-23)10-12-26-15-19-28(20-16-26)30-4-2-22-32-30/h1-22H. The minimum Gasteiger partial charge on any atom is -0.144 e. The fourth-order valence-corrected chi connectivity index (χ4v) is 4.97. The number of hydrogen-bond acceptors (Lipinski definition) is 2. The van der Waals surface area contributed by atoms with Crippen LogP contribution in [0.1, 0.15) is 22.3 Å². The predicted molar refractivity (Wildman–Crippen MR) is 144 cm³/mol. The van der Waals surface area contributed by atoms with Crippen molar-refractivity contribution < 1.29 is 0 Å².